The average molecular weight is 358 g/mol. The molecule has 1 fully saturated rings. The van der Waals surface area contributed by atoms with Crippen LogP contribution in [0.2, 0.25) is 0 Å². The Morgan fingerprint density at radius 1 is 1.19 bits per heavy atom. The van der Waals surface area contributed by atoms with E-state index in [-0.39, 0.29) is 18.8 Å². The number of aromatic amines is 1. The summed E-state index contributed by atoms with van der Waals surface area (Å²) in [4.78, 5) is 7.54. The van der Waals surface area contributed by atoms with Crippen LogP contribution in [-0.2, 0) is 4.74 Å². The molecule has 4 atom stereocenters. The summed E-state index contributed by atoms with van der Waals surface area (Å²) in [7, 11) is 0. The zero-order valence-corrected chi connectivity index (χ0v) is 13.8. The lowest BCUT2D eigenvalue weighted by molar-refractivity contribution is -0.179. The Hall–Kier alpha value is -2.32. The van der Waals surface area contributed by atoms with Gasteiger partial charge in [0.15, 0.2) is 0 Å². The second-order valence-corrected chi connectivity index (χ2v) is 6.53. The monoisotopic (exact) mass is 358 g/mol. The number of benzene rings is 2. The third-order valence-electron chi connectivity index (χ3n) is 4.68. The number of H-pyrrole nitrogens is 1. The number of aliphatic hydroxyl groups excluding tert-OH is 3. The van der Waals surface area contributed by atoms with Gasteiger partial charge < -0.3 is 25.0 Å². The van der Waals surface area contributed by atoms with Crippen molar-refractivity contribution in [3.63, 3.8) is 0 Å². The number of fused-ring (bicyclic) bond motifs is 1. The van der Waals surface area contributed by atoms with Gasteiger partial charge in [-0.1, -0.05) is 18.2 Å². The predicted molar refractivity (Wildman–Crippen MR) is 92.8 cm³/mol. The van der Waals surface area contributed by atoms with Crippen molar-refractivity contribution in [3.8, 4) is 11.4 Å². The summed E-state index contributed by atoms with van der Waals surface area (Å²) in [5, 5.41) is 29.6. The standard InChI is InChI=1S/C19H19FN2O4/c20-12-4-5-14-15(7-12)22-19(21-14)11-3-1-2-10(6-11)18-17(25)16(24)8-13(9-23)26-18/h1-7,13,16-18,23-25H,8-9H2,(H,21,22)/t13-,16-,17-,18+/m0/s1. The maximum absolute atomic E-state index is 13.4. The highest BCUT2D eigenvalue weighted by atomic mass is 19.1. The lowest BCUT2D eigenvalue weighted by atomic mass is 9.92. The van der Waals surface area contributed by atoms with E-state index in [2.05, 4.69) is 9.97 Å². The first-order valence-electron chi connectivity index (χ1n) is 8.43. The molecule has 0 aliphatic carbocycles. The number of rotatable bonds is 3. The number of hydrogen-bond donors (Lipinski definition) is 4. The van der Waals surface area contributed by atoms with Crippen molar-refractivity contribution in [1.29, 1.82) is 0 Å². The van der Waals surface area contributed by atoms with Crippen LogP contribution >= 0.6 is 0 Å². The van der Waals surface area contributed by atoms with Gasteiger partial charge in [-0.05, 0) is 29.8 Å². The van der Waals surface area contributed by atoms with Crippen LogP contribution in [0, 0.1) is 5.82 Å². The second kappa shape index (κ2) is 6.77. The molecule has 6 nitrogen and oxygen atoms in total. The molecule has 0 unspecified atom stereocenters. The van der Waals surface area contributed by atoms with Crippen LogP contribution in [0.25, 0.3) is 22.4 Å². The average Bonchev–Trinajstić information content (AvgIpc) is 3.07. The van der Waals surface area contributed by atoms with Gasteiger partial charge in [-0.3, -0.25) is 0 Å². The fourth-order valence-corrected chi connectivity index (χ4v) is 3.33. The van der Waals surface area contributed by atoms with Crippen molar-refractivity contribution in [2.45, 2.75) is 30.8 Å². The number of ether oxygens (including phenoxy) is 1. The van der Waals surface area contributed by atoms with Crippen molar-refractivity contribution < 1.29 is 24.4 Å². The lowest BCUT2D eigenvalue weighted by Crippen LogP contribution is -2.44. The van der Waals surface area contributed by atoms with Gasteiger partial charge in [-0.25, -0.2) is 9.37 Å². The van der Waals surface area contributed by atoms with Gasteiger partial charge in [0.2, 0.25) is 0 Å². The molecule has 3 aromatic rings. The van der Waals surface area contributed by atoms with Gasteiger partial charge in [0, 0.05) is 12.0 Å². The summed E-state index contributed by atoms with van der Waals surface area (Å²) in [6.45, 7) is -0.227. The first-order valence-corrected chi connectivity index (χ1v) is 8.43. The van der Waals surface area contributed by atoms with Gasteiger partial charge in [0.05, 0.1) is 29.8 Å². The van der Waals surface area contributed by atoms with Crippen molar-refractivity contribution >= 4 is 11.0 Å². The highest BCUT2D eigenvalue weighted by Crippen LogP contribution is 2.33. The maximum atomic E-state index is 13.4. The van der Waals surface area contributed by atoms with Crippen molar-refractivity contribution in [1.82, 2.24) is 9.97 Å². The topological polar surface area (TPSA) is 98.6 Å². The van der Waals surface area contributed by atoms with Crippen LogP contribution in [-0.4, -0.2) is 50.2 Å². The first kappa shape index (κ1) is 17.1. The molecule has 0 bridgehead atoms. The molecule has 1 aromatic heterocycles. The molecule has 0 saturated carbocycles. The number of nitrogens with one attached hydrogen (secondary N) is 1. The lowest BCUT2D eigenvalue weighted by Gasteiger charge is -2.36. The fourth-order valence-electron chi connectivity index (χ4n) is 3.33. The summed E-state index contributed by atoms with van der Waals surface area (Å²) >= 11 is 0. The van der Waals surface area contributed by atoms with Crippen LogP contribution in [0.3, 0.4) is 0 Å². The van der Waals surface area contributed by atoms with Crippen molar-refractivity contribution in [3.05, 3.63) is 53.8 Å². The Morgan fingerprint density at radius 2 is 2.04 bits per heavy atom. The van der Waals surface area contributed by atoms with Gasteiger partial charge in [-0.2, -0.15) is 0 Å². The van der Waals surface area contributed by atoms with Crippen LogP contribution in [0.4, 0.5) is 4.39 Å². The molecule has 0 radical (unpaired) electrons. The molecule has 0 amide bonds. The Bertz CT molecular complexity index is 929. The molecule has 1 aliphatic rings. The van der Waals surface area contributed by atoms with Crippen LogP contribution in [0.15, 0.2) is 42.5 Å². The van der Waals surface area contributed by atoms with E-state index in [0.29, 0.717) is 22.4 Å². The number of hydrogen-bond acceptors (Lipinski definition) is 5. The molecule has 136 valence electrons. The Balaban J connectivity index is 1.69. The zero-order chi connectivity index (χ0) is 18.3. The highest BCUT2D eigenvalue weighted by molar-refractivity contribution is 5.79. The van der Waals surface area contributed by atoms with E-state index < -0.39 is 24.4 Å². The molecule has 2 aromatic carbocycles. The van der Waals surface area contributed by atoms with E-state index in [1.54, 1.807) is 24.3 Å². The molecule has 1 aliphatic heterocycles. The normalized spacial score (nSPS) is 26.3. The molecular weight excluding hydrogens is 339 g/mol. The van der Waals surface area contributed by atoms with E-state index in [1.165, 1.54) is 12.1 Å². The molecule has 26 heavy (non-hydrogen) atoms. The molecule has 7 heteroatoms. The van der Waals surface area contributed by atoms with Crippen LogP contribution in [0.1, 0.15) is 18.1 Å². The molecule has 4 N–H and O–H groups in total. The van der Waals surface area contributed by atoms with E-state index in [9.17, 15) is 19.7 Å². The van der Waals surface area contributed by atoms with Crippen LogP contribution < -0.4 is 0 Å². The van der Waals surface area contributed by atoms with Gasteiger partial charge in [-0.15, -0.1) is 0 Å². The molecule has 4 rings (SSSR count). The maximum Gasteiger partial charge on any atom is 0.138 e. The van der Waals surface area contributed by atoms with Crippen LogP contribution in [0.5, 0.6) is 0 Å². The highest BCUT2D eigenvalue weighted by Gasteiger charge is 2.37. The smallest absolute Gasteiger partial charge is 0.138 e. The molecule has 1 saturated heterocycles. The van der Waals surface area contributed by atoms with Crippen molar-refractivity contribution in [2.24, 2.45) is 0 Å². The van der Waals surface area contributed by atoms with Gasteiger partial charge in [0.1, 0.15) is 23.8 Å². The van der Waals surface area contributed by atoms with Crippen molar-refractivity contribution in [2.75, 3.05) is 6.61 Å². The number of imidazole rings is 1. The number of aliphatic hydroxyl groups is 3. The quantitative estimate of drug-likeness (QED) is 0.573. The largest absolute Gasteiger partial charge is 0.394 e. The second-order valence-electron chi connectivity index (χ2n) is 6.53. The zero-order valence-electron chi connectivity index (χ0n) is 13.8. The Labute approximate surface area is 148 Å². The van der Waals surface area contributed by atoms with Gasteiger partial charge >= 0.3 is 0 Å². The van der Waals surface area contributed by atoms with E-state index in [4.69, 9.17) is 4.74 Å². The molecule has 2 heterocycles. The number of aromatic nitrogens is 2. The van der Waals surface area contributed by atoms with Gasteiger partial charge in [0.25, 0.3) is 0 Å². The number of halogens is 1. The van der Waals surface area contributed by atoms with E-state index >= 15 is 0 Å². The summed E-state index contributed by atoms with van der Waals surface area (Å²) in [5.41, 5.74) is 2.65. The molecular formula is C19H19FN2O4. The summed E-state index contributed by atoms with van der Waals surface area (Å²) in [6.07, 6.45) is -3.15. The minimum absolute atomic E-state index is 0.184. The first-order chi connectivity index (χ1) is 12.5. The SMILES string of the molecule is OC[C@@H]1C[C@H](O)[C@H](O)[C@@H](c2cccc(-c3nc4ccc(F)cc4[nH]3)c2)O1. The fraction of sp³-hybridized carbons (Fsp3) is 0.316. The minimum atomic E-state index is -1.09. The van der Waals surface area contributed by atoms with E-state index in [0.717, 1.165) is 5.56 Å². The van der Waals surface area contributed by atoms with E-state index in [1.807, 2.05) is 6.07 Å². The third kappa shape index (κ3) is 3.10. The minimum Gasteiger partial charge on any atom is -0.394 e. The third-order valence-corrected chi connectivity index (χ3v) is 4.68. The summed E-state index contributed by atoms with van der Waals surface area (Å²) in [6, 6.07) is 11.6. The Morgan fingerprint density at radius 3 is 2.85 bits per heavy atom. The summed E-state index contributed by atoms with van der Waals surface area (Å²) < 4.78 is 19.1. The summed E-state index contributed by atoms with van der Waals surface area (Å²) in [5.74, 6) is 0.223. The molecule has 0 spiro atoms. The number of nitrogens with zero attached hydrogens (tertiary/aromatic N) is 1. The Kier molecular flexibility index (Phi) is 4.46. The predicted octanol–water partition coefficient (Wildman–Crippen LogP) is 1.91.